The molecule has 0 radical (unpaired) electrons. The van der Waals surface area contributed by atoms with Crippen LogP contribution < -0.4 is 0 Å². The molecule has 0 aliphatic carbocycles. The highest BCUT2D eigenvalue weighted by atomic mass is 16.6. The molecule has 0 spiro atoms. The Labute approximate surface area is 156 Å². The van der Waals surface area contributed by atoms with Crippen molar-refractivity contribution in [2.24, 2.45) is 5.41 Å². The standard InChI is InChI=1S/C20H28BNO4/c1-19(2)15-25-21(26-20(19,3)4)17-10-12-22(13-11-17)18(23)24-14-16-8-6-5-7-9-16/h5-10H,11-15H2,1-4H3. The zero-order valence-corrected chi connectivity index (χ0v) is 16.2. The maximum absolute atomic E-state index is 12.3. The largest absolute Gasteiger partial charge is 0.489 e. The molecular formula is C20H28BNO4. The molecule has 0 aromatic heterocycles. The summed E-state index contributed by atoms with van der Waals surface area (Å²) in [4.78, 5) is 14.0. The third kappa shape index (κ3) is 4.13. The van der Waals surface area contributed by atoms with E-state index in [-0.39, 0.29) is 24.2 Å². The van der Waals surface area contributed by atoms with E-state index in [2.05, 4.69) is 27.7 Å². The monoisotopic (exact) mass is 357 g/mol. The lowest BCUT2D eigenvalue weighted by molar-refractivity contribution is -0.0955. The quantitative estimate of drug-likeness (QED) is 0.772. The van der Waals surface area contributed by atoms with E-state index in [1.54, 1.807) is 4.90 Å². The first kappa shape index (κ1) is 19.0. The van der Waals surface area contributed by atoms with Crippen molar-refractivity contribution in [3.8, 4) is 0 Å². The Morgan fingerprint density at radius 2 is 1.96 bits per heavy atom. The van der Waals surface area contributed by atoms with Gasteiger partial charge in [0.15, 0.2) is 0 Å². The second kappa shape index (κ2) is 7.45. The van der Waals surface area contributed by atoms with Crippen LogP contribution in [0, 0.1) is 5.41 Å². The minimum absolute atomic E-state index is 0.0357. The van der Waals surface area contributed by atoms with E-state index in [9.17, 15) is 4.79 Å². The van der Waals surface area contributed by atoms with Gasteiger partial charge in [-0.15, -0.1) is 0 Å². The SMILES string of the molecule is CC1(C)COB(C2=CCN(C(=O)OCc3ccccc3)CC2)OC1(C)C. The van der Waals surface area contributed by atoms with Crippen molar-refractivity contribution in [3.63, 3.8) is 0 Å². The highest BCUT2D eigenvalue weighted by Gasteiger charge is 2.47. The van der Waals surface area contributed by atoms with Crippen molar-refractivity contribution in [3.05, 3.63) is 47.4 Å². The van der Waals surface area contributed by atoms with Gasteiger partial charge in [-0.2, -0.15) is 0 Å². The molecule has 0 atom stereocenters. The lowest BCUT2D eigenvalue weighted by Gasteiger charge is -2.48. The van der Waals surface area contributed by atoms with Crippen molar-refractivity contribution >= 4 is 13.2 Å². The summed E-state index contributed by atoms with van der Waals surface area (Å²) >= 11 is 0. The number of ether oxygens (including phenoxy) is 1. The van der Waals surface area contributed by atoms with E-state index in [4.69, 9.17) is 14.0 Å². The van der Waals surface area contributed by atoms with Crippen LogP contribution in [0.2, 0.25) is 0 Å². The fourth-order valence-corrected chi connectivity index (χ4v) is 2.98. The van der Waals surface area contributed by atoms with Crippen LogP contribution >= 0.6 is 0 Å². The molecule has 0 bridgehead atoms. The summed E-state index contributed by atoms with van der Waals surface area (Å²) in [6, 6.07) is 9.71. The van der Waals surface area contributed by atoms with Crippen LogP contribution in [0.15, 0.2) is 41.9 Å². The number of carbonyl (C=O) groups is 1. The van der Waals surface area contributed by atoms with E-state index < -0.39 is 0 Å². The summed E-state index contributed by atoms with van der Waals surface area (Å²) in [5.74, 6) is 0. The molecule has 1 aromatic carbocycles. The second-order valence-corrected chi connectivity index (χ2v) is 8.17. The van der Waals surface area contributed by atoms with Gasteiger partial charge in [-0.05, 0) is 31.3 Å². The molecule has 140 valence electrons. The number of rotatable bonds is 3. The van der Waals surface area contributed by atoms with E-state index in [1.165, 1.54) is 0 Å². The van der Waals surface area contributed by atoms with Crippen molar-refractivity contribution < 1.29 is 18.8 Å². The molecular weight excluding hydrogens is 329 g/mol. The Morgan fingerprint density at radius 3 is 2.58 bits per heavy atom. The Balaban J connectivity index is 1.53. The molecule has 1 amide bonds. The third-order valence-corrected chi connectivity index (χ3v) is 5.64. The maximum atomic E-state index is 12.3. The average molecular weight is 357 g/mol. The smallest absolute Gasteiger partial charge is 0.445 e. The van der Waals surface area contributed by atoms with Crippen LogP contribution in [0.1, 0.15) is 39.7 Å². The predicted octanol–water partition coefficient (Wildman–Crippen LogP) is 3.83. The molecule has 5 nitrogen and oxygen atoms in total. The van der Waals surface area contributed by atoms with Crippen LogP contribution in [0.5, 0.6) is 0 Å². The average Bonchev–Trinajstić information content (AvgIpc) is 2.63. The molecule has 26 heavy (non-hydrogen) atoms. The Hall–Kier alpha value is -1.79. The first-order valence-corrected chi connectivity index (χ1v) is 9.22. The van der Waals surface area contributed by atoms with Crippen LogP contribution in [0.4, 0.5) is 4.79 Å². The predicted molar refractivity (Wildman–Crippen MR) is 102 cm³/mol. The van der Waals surface area contributed by atoms with Gasteiger partial charge in [-0.1, -0.05) is 50.3 Å². The van der Waals surface area contributed by atoms with Gasteiger partial charge < -0.3 is 18.9 Å². The van der Waals surface area contributed by atoms with E-state index in [0.29, 0.717) is 26.3 Å². The summed E-state index contributed by atoms with van der Waals surface area (Å²) in [6.45, 7) is 10.6. The molecule has 1 saturated heterocycles. The van der Waals surface area contributed by atoms with Crippen molar-refractivity contribution in [1.82, 2.24) is 4.90 Å². The van der Waals surface area contributed by atoms with Gasteiger partial charge in [0.05, 0.1) is 5.60 Å². The van der Waals surface area contributed by atoms with Crippen LogP contribution in [-0.2, 0) is 20.7 Å². The van der Waals surface area contributed by atoms with Gasteiger partial charge in [-0.3, -0.25) is 0 Å². The molecule has 2 heterocycles. The Morgan fingerprint density at radius 1 is 1.23 bits per heavy atom. The topological polar surface area (TPSA) is 48.0 Å². The molecule has 0 unspecified atom stereocenters. The zero-order chi connectivity index (χ0) is 18.8. The van der Waals surface area contributed by atoms with Crippen molar-refractivity contribution in [2.45, 2.75) is 46.3 Å². The lowest BCUT2D eigenvalue weighted by atomic mass is 9.67. The number of carbonyl (C=O) groups excluding carboxylic acids is 1. The Bertz CT molecular complexity index is 672. The molecule has 6 heteroatoms. The molecule has 2 aliphatic heterocycles. The molecule has 0 saturated carbocycles. The summed E-state index contributed by atoms with van der Waals surface area (Å²) in [7, 11) is -0.319. The fraction of sp³-hybridized carbons (Fsp3) is 0.550. The van der Waals surface area contributed by atoms with E-state index >= 15 is 0 Å². The molecule has 2 aliphatic rings. The summed E-state index contributed by atoms with van der Waals surface area (Å²) < 4.78 is 17.6. The van der Waals surface area contributed by atoms with Crippen LogP contribution in [0.3, 0.4) is 0 Å². The normalized spacial score (nSPS) is 21.9. The number of hydrogen-bond acceptors (Lipinski definition) is 4. The second-order valence-electron chi connectivity index (χ2n) is 8.17. The molecule has 1 aromatic rings. The first-order chi connectivity index (χ1) is 12.3. The highest BCUT2D eigenvalue weighted by Crippen LogP contribution is 2.39. The van der Waals surface area contributed by atoms with E-state index in [1.807, 2.05) is 36.4 Å². The van der Waals surface area contributed by atoms with Crippen molar-refractivity contribution in [1.29, 1.82) is 0 Å². The van der Waals surface area contributed by atoms with Gasteiger partial charge in [0, 0.05) is 25.1 Å². The minimum atomic E-state index is -0.319. The number of nitrogens with zero attached hydrogens (tertiary/aromatic N) is 1. The summed E-state index contributed by atoms with van der Waals surface area (Å²) in [6.07, 6.45) is 2.49. The Kier molecular flexibility index (Phi) is 5.44. The maximum Gasteiger partial charge on any atom is 0.489 e. The van der Waals surface area contributed by atoms with Gasteiger partial charge >= 0.3 is 13.2 Å². The minimum Gasteiger partial charge on any atom is -0.445 e. The highest BCUT2D eigenvalue weighted by molar-refractivity contribution is 6.54. The summed E-state index contributed by atoms with van der Waals surface area (Å²) in [5.41, 5.74) is 1.80. The number of benzene rings is 1. The number of amides is 1. The first-order valence-electron chi connectivity index (χ1n) is 9.22. The van der Waals surface area contributed by atoms with Gasteiger partial charge in [-0.25, -0.2) is 4.79 Å². The molecule has 1 fully saturated rings. The molecule has 0 N–H and O–H groups in total. The van der Waals surface area contributed by atoms with Gasteiger partial charge in [0.25, 0.3) is 0 Å². The van der Waals surface area contributed by atoms with Gasteiger partial charge in [0.1, 0.15) is 6.61 Å². The third-order valence-electron chi connectivity index (χ3n) is 5.64. The van der Waals surface area contributed by atoms with Gasteiger partial charge in [0.2, 0.25) is 0 Å². The summed E-state index contributed by atoms with van der Waals surface area (Å²) in [5, 5.41) is 0. The fourth-order valence-electron chi connectivity index (χ4n) is 2.98. The van der Waals surface area contributed by atoms with Crippen LogP contribution in [0.25, 0.3) is 0 Å². The molecule has 3 rings (SSSR count). The van der Waals surface area contributed by atoms with Crippen LogP contribution in [-0.4, -0.2) is 43.4 Å². The zero-order valence-electron chi connectivity index (χ0n) is 16.2. The van der Waals surface area contributed by atoms with E-state index in [0.717, 1.165) is 17.5 Å². The number of hydrogen-bond donors (Lipinski definition) is 0. The lowest BCUT2D eigenvalue weighted by Crippen LogP contribution is -2.55. The van der Waals surface area contributed by atoms with Crippen molar-refractivity contribution in [2.75, 3.05) is 19.7 Å².